The van der Waals surface area contributed by atoms with E-state index < -0.39 is 72.7 Å². The van der Waals surface area contributed by atoms with Gasteiger partial charge in [-0.25, -0.2) is 0 Å². The van der Waals surface area contributed by atoms with Crippen LogP contribution in [0.4, 0.5) is 0 Å². The van der Waals surface area contributed by atoms with E-state index >= 15 is 0 Å². The fourth-order valence-corrected chi connectivity index (χ4v) is 1.30. The minimum atomic E-state index is -2.50. The molecule has 0 spiro atoms. The Morgan fingerprint density at radius 1 is 0.400 bits per heavy atom. The Kier molecular flexibility index (Phi) is 22.0. The maximum Gasteiger partial charge on any atom is 2.00 e. The van der Waals surface area contributed by atoms with Gasteiger partial charge < -0.3 is 80.5 Å². The van der Waals surface area contributed by atoms with E-state index in [1.165, 1.54) is 0 Å². The SMILES string of the molecule is O=C([O-])[C@@H](O)[C@H](O)[C@H](O)[C@@H](O)C(=O)[O-].O=C([O-])[C@@H](O)[C@H](O)[C@H](O)[C@@H](O)C(=O)[O-].[Ca+2].[Ca+2]. The van der Waals surface area contributed by atoms with Crippen LogP contribution in [-0.2, 0) is 19.2 Å². The van der Waals surface area contributed by atoms with Gasteiger partial charge in [-0.1, -0.05) is 0 Å². The van der Waals surface area contributed by atoms with E-state index in [0.717, 1.165) is 0 Å². The molecule has 8 N–H and O–H groups in total. The Morgan fingerprint density at radius 2 is 0.500 bits per heavy atom. The van der Waals surface area contributed by atoms with E-state index in [-0.39, 0.29) is 75.5 Å². The zero-order valence-electron chi connectivity index (χ0n) is 14.9. The van der Waals surface area contributed by atoms with Crippen molar-refractivity contribution in [3.8, 4) is 0 Å². The van der Waals surface area contributed by atoms with E-state index in [9.17, 15) is 39.6 Å². The van der Waals surface area contributed by atoms with Crippen LogP contribution in [0.5, 0.6) is 0 Å². The number of carboxylic acids is 4. The third-order valence-electron chi connectivity index (χ3n) is 2.96. The molecule has 0 aromatic carbocycles. The van der Waals surface area contributed by atoms with Gasteiger partial charge in [0.25, 0.3) is 0 Å². The van der Waals surface area contributed by atoms with E-state index in [0.29, 0.717) is 0 Å². The molecule has 0 aliphatic rings. The smallest absolute Gasteiger partial charge is 0.547 e. The van der Waals surface area contributed by atoms with Crippen LogP contribution in [0.15, 0.2) is 0 Å². The van der Waals surface area contributed by atoms with Gasteiger partial charge in [0.15, 0.2) is 0 Å². The Balaban J connectivity index is -0.000000211. The molecule has 8 atom stereocenters. The number of carboxylic acid groups (broad SMARTS) is 4. The minimum absolute atomic E-state index is 0. The van der Waals surface area contributed by atoms with Crippen molar-refractivity contribution in [2.24, 2.45) is 0 Å². The summed E-state index contributed by atoms with van der Waals surface area (Å²) < 4.78 is 0. The molecule has 0 amide bonds. The van der Waals surface area contributed by atoms with Gasteiger partial charge in [0.05, 0.1) is 23.9 Å². The summed E-state index contributed by atoms with van der Waals surface area (Å²) >= 11 is 0. The van der Waals surface area contributed by atoms with E-state index in [1.807, 2.05) is 0 Å². The fraction of sp³-hybridized carbons (Fsp3) is 0.667. The van der Waals surface area contributed by atoms with Crippen LogP contribution >= 0.6 is 0 Å². The Labute approximate surface area is 226 Å². The third kappa shape index (κ3) is 12.8. The van der Waals surface area contributed by atoms with Crippen LogP contribution in [0, 0.1) is 0 Å². The zero-order valence-corrected chi connectivity index (χ0v) is 19.3. The van der Waals surface area contributed by atoms with Crippen molar-refractivity contribution in [1.29, 1.82) is 0 Å². The maximum atomic E-state index is 9.96. The van der Waals surface area contributed by atoms with Gasteiger partial charge in [0.2, 0.25) is 0 Å². The summed E-state index contributed by atoms with van der Waals surface area (Å²) in [5.74, 6) is -8.44. The van der Waals surface area contributed by atoms with E-state index in [4.69, 9.17) is 40.9 Å². The third-order valence-corrected chi connectivity index (χ3v) is 2.96. The number of aliphatic carboxylic acids is 4. The number of carbonyl (C=O) groups is 4. The first-order chi connectivity index (χ1) is 12.6. The molecular weight excluding hydrogens is 480 g/mol. The van der Waals surface area contributed by atoms with Gasteiger partial charge >= 0.3 is 75.5 Å². The summed E-state index contributed by atoms with van der Waals surface area (Å²) in [5, 5.41) is 109. The van der Waals surface area contributed by atoms with Crippen LogP contribution in [0.25, 0.3) is 0 Å². The normalized spacial score (nSPS) is 18.1. The molecule has 0 rings (SSSR count). The molecule has 0 radical (unpaired) electrons. The molecule has 18 heteroatoms. The molecule has 0 unspecified atom stereocenters. The van der Waals surface area contributed by atoms with Crippen LogP contribution in [0.3, 0.4) is 0 Å². The molecule has 0 heterocycles. The fourth-order valence-electron chi connectivity index (χ4n) is 1.30. The van der Waals surface area contributed by atoms with Gasteiger partial charge in [-0.15, -0.1) is 0 Å². The summed E-state index contributed by atoms with van der Waals surface area (Å²) in [7, 11) is 0. The molecule has 0 saturated carbocycles. The number of carbonyl (C=O) groups excluding carboxylic acids is 4. The van der Waals surface area contributed by atoms with Gasteiger partial charge in [-0.05, 0) is 0 Å². The molecule has 30 heavy (non-hydrogen) atoms. The number of aliphatic hydroxyl groups is 8. The van der Waals surface area contributed by atoms with Gasteiger partial charge in [-0.3, -0.25) is 0 Å². The molecule has 0 saturated heterocycles. The quantitative estimate of drug-likeness (QED) is 0.130. The van der Waals surface area contributed by atoms with Gasteiger partial charge in [0, 0.05) is 0 Å². The summed E-state index contributed by atoms with van der Waals surface area (Å²) in [6.07, 6.45) is -19.5. The molecule has 0 bridgehead atoms. The van der Waals surface area contributed by atoms with Crippen molar-refractivity contribution in [2.45, 2.75) is 48.8 Å². The first-order valence-corrected chi connectivity index (χ1v) is 6.85. The Hall–Kier alpha value is 0.0795. The second kappa shape index (κ2) is 17.6. The van der Waals surface area contributed by atoms with Crippen molar-refractivity contribution in [1.82, 2.24) is 0 Å². The molecule has 164 valence electrons. The Morgan fingerprint density at radius 3 is 0.567 bits per heavy atom. The predicted molar refractivity (Wildman–Crippen MR) is 79.6 cm³/mol. The maximum absolute atomic E-state index is 9.96. The van der Waals surface area contributed by atoms with Crippen molar-refractivity contribution in [3.05, 3.63) is 0 Å². The van der Waals surface area contributed by atoms with Crippen LogP contribution in [-0.4, -0.2) is 189 Å². The second-order valence-corrected chi connectivity index (χ2v) is 5.02. The van der Waals surface area contributed by atoms with Gasteiger partial charge in [-0.2, -0.15) is 0 Å². The molecule has 0 fully saturated rings. The minimum Gasteiger partial charge on any atom is -0.547 e. The molecule has 16 nitrogen and oxygen atoms in total. The molecule has 0 aromatic rings. The van der Waals surface area contributed by atoms with E-state index in [2.05, 4.69) is 0 Å². The predicted octanol–water partition coefficient (Wildman–Crippen LogP) is -12.9. The Bertz CT molecular complexity index is 462. The summed E-state index contributed by atoms with van der Waals surface area (Å²) in [6, 6.07) is 0. The summed E-state index contributed by atoms with van der Waals surface area (Å²) in [6.45, 7) is 0. The van der Waals surface area contributed by atoms with Crippen LogP contribution < -0.4 is 20.4 Å². The number of hydrogen-bond donors (Lipinski definition) is 8. The first kappa shape index (κ1) is 37.4. The molecule has 0 aromatic heterocycles. The van der Waals surface area contributed by atoms with Gasteiger partial charge in [0.1, 0.15) is 48.8 Å². The molecule has 0 aliphatic heterocycles. The average molecular weight is 496 g/mol. The number of hydrogen-bond acceptors (Lipinski definition) is 16. The molecular formula is C12H16Ca2O16. The van der Waals surface area contributed by atoms with Crippen molar-refractivity contribution < 1.29 is 80.5 Å². The van der Waals surface area contributed by atoms with Crippen molar-refractivity contribution >= 4 is 99.4 Å². The largest absolute Gasteiger partial charge is 2.00 e. The standard InChI is InChI=1S/2C6H10O8.2Ca/c2*7-1(3(9)5(11)12)2(8)4(10)6(13)14;;/h2*1-4,7-10H,(H,11,12)(H,13,14);;/q;;2*+2/p-4/t2*1-,2+,3+,4-;;. The summed E-state index contributed by atoms with van der Waals surface area (Å²) in [5.41, 5.74) is 0. The number of aliphatic hydroxyl groups excluding tert-OH is 8. The van der Waals surface area contributed by atoms with E-state index in [1.54, 1.807) is 0 Å². The monoisotopic (exact) mass is 496 g/mol. The second-order valence-electron chi connectivity index (χ2n) is 5.02. The van der Waals surface area contributed by atoms with Crippen molar-refractivity contribution in [2.75, 3.05) is 0 Å². The topological polar surface area (TPSA) is 322 Å². The van der Waals surface area contributed by atoms with Crippen LogP contribution in [0.1, 0.15) is 0 Å². The van der Waals surface area contributed by atoms with Crippen molar-refractivity contribution in [3.63, 3.8) is 0 Å². The average Bonchev–Trinajstić information content (AvgIpc) is 2.62. The number of rotatable bonds is 10. The summed E-state index contributed by atoms with van der Waals surface area (Å²) in [4.78, 5) is 39.8. The first-order valence-electron chi connectivity index (χ1n) is 6.85. The zero-order chi connectivity index (χ0) is 22.9. The molecule has 0 aliphatic carbocycles. The van der Waals surface area contributed by atoms with Crippen LogP contribution in [0.2, 0.25) is 0 Å².